The molecule has 0 saturated carbocycles. The number of carbonyl (C=O) groups excluding carboxylic acids is 1. The second kappa shape index (κ2) is 4.87. The van der Waals surface area contributed by atoms with E-state index < -0.39 is 30.2 Å². The summed E-state index contributed by atoms with van der Waals surface area (Å²) >= 11 is 0. The molecule has 1 amide bonds. The van der Waals surface area contributed by atoms with Gasteiger partial charge in [-0.2, -0.15) is 13.2 Å². The van der Waals surface area contributed by atoms with Gasteiger partial charge < -0.3 is 9.84 Å². The van der Waals surface area contributed by atoms with Crippen molar-refractivity contribution in [3.63, 3.8) is 0 Å². The van der Waals surface area contributed by atoms with Gasteiger partial charge in [0, 0.05) is 6.54 Å². The van der Waals surface area contributed by atoms with Gasteiger partial charge >= 0.3 is 18.2 Å². The van der Waals surface area contributed by atoms with Crippen LogP contribution in [-0.4, -0.2) is 46.9 Å². The molecule has 0 radical (unpaired) electrons. The summed E-state index contributed by atoms with van der Waals surface area (Å²) in [5, 5.41) is 8.85. The minimum absolute atomic E-state index is 0.0466. The molecule has 1 rings (SSSR count). The first kappa shape index (κ1) is 14.3. The lowest BCUT2D eigenvalue weighted by molar-refractivity contribution is -0.225. The Morgan fingerprint density at radius 1 is 1.50 bits per heavy atom. The third kappa shape index (κ3) is 2.14. The molecule has 1 aliphatic heterocycles. The van der Waals surface area contributed by atoms with Gasteiger partial charge in [-0.15, -0.1) is 0 Å². The summed E-state index contributed by atoms with van der Waals surface area (Å²) in [6.45, 7) is 2.67. The van der Waals surface area contributed by atoms with Crippen molar-refractivity contribution in [2.75, 3.05) is 13.2 Å². The molecular weight excluding hydrogens is 255 g/mol. The molecule has 1 heterocycles. The van der Waals surface area contributed by atoms with Crippen molar-refractivity contribution in [1.82, 2.24) is 4.90 Å². The molecule has 1 N–H and O–H groups in total. The summed E-state index contributed by atoms with van der Waals surface area (Å²) in [6.07, 6.45) is -5.89. The van der Waals surface area contributed by atoms with Crippen LogP contribution in [0.2, 0.25) is 0 Å². The van der Waals surface area contributed by atoms with Gasteiger partial charge in [0.2, 0.25) is 5.54 Å². The maximum Gasteiger partial charge on any atom is 0.422 e. The Morgan fingerprint density at radius 2 is 2.11 bits per heavy atom. The van der Waals surface area contributed by atoms with Gasteiger partial charge in [0.05, 0.1) is 0 Å². The topological polar surface area (TPSA) is 66.8 Å². The fourth-order valence-corrected chi connectivity index (χ4v) is 1.91. The summed E-state index contributed by atoms with van der Waals surface area (Å²) in [5.74, 6) is -2.09. The van der Waals surface area contributed by atoms with E-state index in [1.165, 1.54) is 6.08 Å². The predicted octanol–water partition coefficient (Wildman–Crippen LogP) is 1.79. The molecule has 0 bridgehead atoms. The number of carboxylic acid groups (broad SMARTS) is 1. The maximum absolute atomic E-state index is 12.9. The highest BCUT2D eigenvalue weighted by molar-refractivity contribution is 5.86. The Bertz CT molecular complexity index is 369. The molecule has 0 aromatic carbocycles. The van der Waals surface area contributed by atoms with Crippen LogP contribution < -0.4 is 0 Å². The zero-order chi connectivity index (χ0) is 14.0. The third-order valence-corrected chi connectivity index (χ3v) is 2.75. The lowest BCUT2D eigenvalue weighted by Gasteiger charge is -2.35. The van der Waals surface area contributed by atoms with E-state index in [1.807, 2.05) is 0 Å². The molecule has 1 aliphatic rings. The van der Waals surface area contributed by atoms with E-state index in [0.717, 1.165) is 0 Å². The molecule has 0 spiro atoms. The van der Waals surface area contributed by atoms with Crippen molar-refractivity contribution >= 4 is 12.1 Å². The molecule has 18 heavy (non-hydrogen) atoms. The highest BCUT2D eigenvalue weighted by Gasteiger charge is 2.68. The lowest BCUT2D eigenvalue weighted by atomic mass is 9.96. The van der Waals surface area contributed by atoms with Gasteiger partial charge in [0.25, 0.3) is 0 Å². The first-order valence-corrected chi connectivity index (χ1v) is 5.13. The standard InChI is InChI=1S/C10H12F3NO4/c1-2-6-18-8(17)14-5-3-4-9(14,7(15)16)10(11,12)13/h2H,1,3-6H2,(H,15,16). The van der Waals surface area contributed by atoms with Gasteiger partial charge in [-0.3, -0.25) is 4.90 Å². The Kier molecular flexibility index (Phi) is 3.88. The van der Waals surface area contributed by atoms with Crippen molar-refractivity contribution in [2.45, 2.75) is 24.6 Å². The van der Waals surface area contributed by atoms with E-state index in [2.05, 4.69) is 11.3 Å². The number of hydrogen-bond acceptors (Lipinski definition) is 3. The van der Waals surface area contributed by atoms with E-state index in [0.29, 0.717) is 0 Å². The zero-order valence-electron chi connectivity index (χ0n) is 9.37. The number of likely N-dealkylation sites (tertiary alicyclic amines) is 1. The average Bonchev–Trinajstić information content (AvgIpc) is 2.70. The fourth-order valence-electron chi connectivity index (χ4n) is 1.91. The molecule has 8 heteroatoms. The maximum atomic E-state index is 12.9. The van der Waals surface area contributed by atoms with Crippen LogP contribution in [0.4, 0.5) is 18.0 Å². The van der Waals surface area contributed by atoms with E-state index in [-0.39, 0.29) is 24.5 Å². The number of rotatable bonds is 3. The second-order valence-electron chi connectivity index (χ2n) is 3.78. The number of aliphatic carboxylic acids is 1. The Labute approximate surface area is 101 Å². The molecular formula is C10H12F3NO4. The Balaban J connectivity index is 3.06. The van der Waals surface area contributed by atoms with Crippen molar-refractivity contribution < 1.29 is 32.6 Å². The summed E-state index contributed by atoms with van der Waals surface area (Å²) < 4.78 is 43.3. The van der Waals surface area contributed by atoms with Crippen LogP contribution in [0, 0.1) is 0 Å². The van der Waals surface area contributed by atoms with E-state index >= 15 is 0 Å². The van der Waals surface area contributed by atoms with Gasteiger partial charge in [-0.05, 0) is 12.8 Å². The van der Waals surface area contributed by atoms with Crippen molar-refractivity contribution in [3.05, 3.63) is 12.7 Å². The zero-order valence-corrected chi connectivity index (χ0v) is 9.37. The number of ether oxygens (including phenoxy) is 1. The van der Waals surface area contributed by atoms with Gasteiger partial charge in [0.1, 0.15) is 6.61 Å². The number of hydrogen-bond donors (Lipinski definition) is 1. The van der Waals surface area contributed by atoms with Crippen molar-refractivity contribution in [2.24, 2.45) is 0 Å². The number of halogens is 3. The summed E-state index contributed by atoms with van der Waals surface area (Å²) in [7, 11) is 0. The SMILES string of the molecule is C=CCOC(=O)N1CCCC1(C(=O)O)C(F)(F)F. The molecule has 1 fully saturated rings. The highest BCUT2D eigenvalue weighted by Crippen LogP contribution is 2.43. The quantitative estimate of drug-likeness (QED) is 0.792. The van der Waals surface area contributed by atoms with Crippen LogP contribution in [0.15, 0.2) is 12.7 Å². The average molecular weight is 267 g/mol. The largest absolute Gasteiger partial charge is 0.479 e. The van der Waals surface area contributed by atoms with Crippen LogP contribution in [-0.2, 0) is 9.53 Å². The summed E-state index contributed by atoms with van der Waals surface area (Å²) in [5.41, 5.74) is -3.19. The van der Waals surface area contributed by atoms with E-state index in [9.17, 15) is 22.8 Å². The summed E-state index contributed by atoms with van der Waals surface area (Å²) in [6, 6.07) is 0. The monoisotopic (exact) mass is 267 g/mol. The number of nitrogens with zero attached hydrogens (tertiary/aromatic N) is 1. The molecule has 102 valence electrons. The normalized spacial score (nSPS) is 23.8. The van der Waals surface area contributed by atoms with Crippen LogP contribution in [0.5, 0.6) is 0 Å². The predicted molar refractivity (Wildman–Crippen MR) is 53.9 cm³/mol. The van der Waals surface area contributed by atoms with Crippen molar-refractivity contribution in [3.8, 4) is 0 Å². The number of carboxylic acids is 1. The summed E-state index contributed by atoms with van der Waals surface area (Å²) in [4.78, 5) is 22.7. The van der Waals surface area contributed by atoms with Crippen molar-refractivity contribution in [1.29, 1.82) is 0 Å². The van der Waals surface area contributed by atoms with Gasteiger partial charge in [-0.25, -0.2) is 9.59 Å². The minimum Gasteiger partial charge on any atom is -0.479 e. The molecule has 0 aliphatic carbocycles. The molecule has 5 nitrogen and oxygen atoms in total. The number of amides is 1. The van der Waals surface area contributed by atoms with E-state index in [4.69, 9.17) is 5.11 Å². The molecule has 1 atom stereocenters. The molecule has 1 unspecified atom stereocenters. The molecule has 0 aromatic rings. The van der Waals surface area contributed by atoms with Gasteiger partial charge in [-0.1, -0.05) is 12.7 Å². The second-order valence-corrected chi connectivity index (χ2v) is 3.78. The lowest BCUT2D eigenvalue weighted by Crippen LogP contribution is -2.62. The highest BCUT2D eigenvalue weighted by atomic mass is 19.4. The smallest absolute Gasteiger partial charge is 0.422 e. The third-order valence-electron chi connectivity index (χ3n) is 2.75. The van der Waals surface area contributed by atoms with Crippen LogP contribution in [0.25, 0.3) is 0 Å². The van der Waals surface area contributed by atoms with Gasteiger partial charge in [0.15, 0.2) is 0 Å². The first-order valence-electron chi connectivity index (χ1n) is 5.13. The van der Waals surface area contributed by atoms with Crippen LogP contribution in [0.3, 0.4) is 0 Å². The molecule has 1 saturated heterocycles. The number of alkyl halides is 3. The Morgan fingerprint density at radius 3 is 2.56 bits per heavy atom. The Hall–Kier alpha value is -1.73. The fraction of sp³-hybridized carbons (Fsp3) is 0.600. The minimum atomic E-state index is -5.05. The van der Waals surface area contributed by atoms with Crippen LogP contribution in [0.1, 0.15) is 12.8 Å². The first-order chi connectivity index (χ1) is 8.27. The molecule has 0 aromatic heterocycles. The van der Waals surface area contributed by atoms with E-state index in [1.54, 1.807) is 0 Å². The number of carbonyl (C=O) groups is 2. The van der Waals surface area contributed by atoms with Crippen LogP contribution >= 0.6 is 0 Å².